The first-order valence-corrected chi connectivity index (χ1v) is 3.74. The van der Waals surface area contributed by atoms with E-state index in [4.69, 9.17) is 0 Å². The van der Waals surface area contributed by atoms with Crippen LogP contribution >= 0.6 is 0 Å². The number of allylic oxidation sites excluding steroid dienone is 1. The quantitative estimate of drug-likeness (QED) is 0.611. The second kappa shape index (κ2) is 2.53. The van der Waals surface area contributed by atoms with Crippen molar-refractivity contribution in [2.45, 2.75) is 6.42 Å². The Bertz CT molecular complexity index is 333. The highest BCUT2D eigenvalue weighted by Gasteiger charge is 2.13. The number of phenols is 1. The van der Waals surface area contributed by atoms with E-state index in [0.29, 0.717) is 12.1 Å². The second-order valence-corrected chi connectivity index (χ2v) is 2.71. The van der Waals surface area contributed by atoms with Gasteiger partial charge in [0.25, 0.3) is 0 Å². The highest BCUT2D eigenvalue weighted by atomic mass is 16.5. The molecule has 0 amide bonds. The van der Waals surface area contributed by atoms with E-state index in [1.807, 2.05) is 0 Å². The van der Waals surface area contributed by atoms with Crippen LogP contribution in [0.4, 0.5) is 5.69 Å². The standard InChI is InChI=1S/C9H9NO2/c11-9-5-1-4-8-7(9)3-2-6-10(8)12/h1-2,4-6,11-12H,3H2. The van der Waals surface area contributed by atoms with E-state index in [1.165, 1.54) is 0 Å². The Balaban J connectivity index is 2.57. The molecule has 3 nitrogen and oxygen atoms in total. The SMILES string of the molecule is Oc1cccc2c1CC=CN2O. The molecule has 0 atom stereocenters. The summed E-state index contributed by atoms with van der Waals surface area (Å²) in [6.07, 6.45) is 4.03. The van der Waals surface area contributed by atoms with Crippen LogP contribution in [0.1, 0.15) is 5.56 Å². The maximum atomic E-state index is 9.40. The van der Waals surface area contributed by atoms with Crippen LogP contribution in [0, 0.1) is 0 Å². The summed E-state index contributed by atoms with van der Waals surface area (Å²) >= 11 is 0. The average Bonchev–Trinajstić information content (AvgIpc) is 2.07. The van der Waals surface area contributed by atoms with Gasteiger partial charge in [0.05, 0.1) is 5.69 Å². The number of hydrogen-bond donors (Lipinski definition) is 2. The molecule has 0 radical (unpaired) electrons. The van der Waals surface area contributed by atoms with Crippen LogP contribution in [0.5, 0.6) is 5.75 Å². The molecule has 0 spiro atoms. The number of fused-ring (bicyclic) bond motifs is 1. The molecule has 0 saturated heterocycles. The van der Waals surface area contributed by atoms with Crippen molar-refractivity contribution in [2.24, 2.45) is 0 Å². The predicted octanol–water partition coefficient (Wildman–Crippen LogP) is 1.66. The van der Waals surface area contributed by atoms with Crippen LogP contribution in [0.2, 0.25) is 0 Å². The van der Waals surface area contributed by atoms with Crippen LogP contribution in [0.3, 0.4) is 0 Å². The van der Waals surface area contributed by atoms with Gasteiger partial charge in [0.2, 0.25) is 0 Å². The zero-order valence-electron chi connectivity index (χ0n) is 6.44. The second-order valence-electron chi connectivity index (χ2n) is 2.71. The zero-order valence-corrected chi connectivity index (χ0v) is 6.44. The minimum atomic E-state index is 0.232. The molecule has 0 fully saturated rings. The van der Waals surface area contributed by atoms with Gasteiger partial charge in [0, 0.05) is 11.8 Å². The molecule has 0 saturated carbocycles. The van der Waals surface area contributed by atoms with E-state index in [-0.39, 0.29) is 5.75 Å². The molecule has 0 aliphatic carbocycles. The van der Waals surface area contributed by atoms with Crippen molar-refractivity contribution < 1.29 is 10.3 Å². The van der Waals surface area contributed by atoms with Gasteiger partial charge in [-0.25, -0.2) is 5.06 Å². The number of nitrogens with zero attached hydrogens (tertiary/aromatic N) is 1. The Labute approximate surface area is 70.1 Å². The highest BCUT2D eigenvalue weighted by molar-refractivity contribution is 5.61. The summed E-state index contributed by atoms with van der Waals surface area (Å²) in [7, 11) is 0. The number of hydroxylamine groups is 1. The molecule has 1 aromatic rings. The molecular weight excluding hydrogens is 154 g/mol. The fraction of sp³-hybridized carbons (Fsp3) is 0.111. The molecule has 1 heterocycles. The lowest BCUT2D eigenvalue weighted by Gasteiger charge is -2.20. The molecule has 0 bridgehead atoms. The maximum Gasteiger partial charge on any atom is 0.121 e. The van der Waals surface area contributed by atoms with E-state index in [2.05, 4.69) is 0 Å². The highest BCUT2D eigenvalue weighted by Crippen LogP contribution is 2.30. The molecule has 12 heavy (non-hydrogen) atoms. The van der Waals surface area contributed by atoms with E-state index >= 15 is 0 Å². The average molecular weight is 163 g/mol. The van der Waals surface area contributed by atoms with Crippen LogP contribution in [0.25, 0.3) is 0 Å². The molecule has 1 aromatic carbocycles. The largest absolute Gasteiger partial charge is 0.508 e. The van der Waals surface area contributed by atoms with Gasteiger partial charge in [-0.15, -0.1) is 0 Å². The van der Waals surface area contributed by atoms with Crippen LogP contribution in [0.15, 0.2) is 30.5 Å². The maximum absolute atomic E-state index is 9.40. The van der Waals surface area contributed by atoms with Gasteiger partial charge in [-0.3, -0.25) is 5.21 Å². The third kappa shape index (κ3) is 0.950. The monoisotopic (exact) mass is 163 g/mol. The molecule has 2 rings (SSSR count). The number of benzene rings is 1. The Morgan fingerprint density at radius 1 is 1.33 bits per heavy atom. The first-order chi connectivity index (χ1) is 5.79. The molecule has 0 unspecified atom stereocenters. The third-order valence-electron chi connectivity index (χ3n) is 1.94. The van der Waals surface area contributed by atoms with Crippen molar-refractivity contribution in [3.63, 3.8) is 0 Å². The lowest BCUT2D eigenvalue weighted by atomic mass is 10.1. The first-order valence-electron chi connectivity index (χ1n) is 3.74. The van der Waals surface area contributed by atoms with Crippen molar-refractivity contribution in [1.29, 1.82) is 0 Å². The summed E-state index contributed by atoms with van der Waals surface area (Å²) in [4.78, 5) is 0. The van der Waals surface area contributed by atoms with E-state index in [0.717, 1.165) is 10.6 Å². The Hall–Kier alpha value is -1.48. The van der Waals surface area contributed by atoms with Crippen molar-refractivity contribution >= 4 is 5.69 Å². The summed E-state index contributed by atoms with van der Waals surface area (Å²) in [5.74, 6) is 0.232. The number of anilines is 1. The summed E-state index contributed by atoms with van der Waals surface area (Å²) in [5.41, 5.74) is 1.42. The van der Waals surface area contributed by atoms with Crippen molar-refractivity contribution in [3.05, 3.63) is 36.0 Å². The van der Waals surface area contributed by atoms with Gasteiger partial charge in [0.1, 0.15) is 5.75 Å². The Kier molecular flexibility index (Phi) is 1.52. The normalized spacial score (nSPS) is 14.6. The Morgan fingerprint density at radius 3 is 2.92 bits per heavy atom. The zero-order chi connectivity index (χ0) is 8.55. The van der Waals surface area contributed by atoms with E-state index < -0.39 is 0 Å². The molecule has 62 valence electrons. The lowest BCUT2D eigenvalue weighted by molar-refractivity contribution is 0.292. The van der Waals surface area contributed by atoms with Crippen LogP contribution in [-0.2, 0) is 6.42 Å². The molecule has 3 heteroatoms. The van der Waals surface area contributed by atoms with E-state index in [9.17, 15) is 10.3 Å². The molecular formula is C9H9NO2. The minimum absolute atomic E-state index is 0.232. The summed E-state index contributed by atoms with van der Waals surface area (Å²) < 4.78 is 0. The number of aromatic hydroxyl groups is 1. The summed E-state index contributed by atoms with van der Waals surface area (Å²) in [6, 6.07) is 5.08. The third-order valence-corrected chi connectivity index (χ3v) is 1.94. The fourth-order valence-electron chi connectivity index (χ4n) is 1.34. The molecule has 0 aromatic heterocycles. The minimum Gasteiger partial charge on any atom is -0.508 e. The van der Waals surface area contributed by atoms with Gasteiger partial charge >= 0.3 is 0 Å². The topological polar surface area (TPSA) is 43.7 Å². The summed E-state index contributed by atoms with van der Waals surface area (Å²) in [6.45, 7) is 0. The van der Waals surface area contributed by atoms with Crippen molar-refractivity contribution in [3.8, 4) is 5.75 Å². The Morgan fingerprint density at radius 2 is 2.17 bits per heavy atom. The number of rotatable bonds is 0. The summed E-state index contributed by atoms with van der Waals surface area (Å²) in [5, 5.41) is 19.7. The molecule has 1 aliphatic heterocycles. The van der Waals surface area contributed by atoms with Crippen molar-refractivity contribution in [2.75, 3.05) is 5.06 Å². The molecule has 1 aliphatic rings. The van der Waals surface area contributed by atoms with Gasteiger partial charge < -0.3 is 5.11 Å². The first kappa shape index (κ1) is 7.18. The van der Waals surface area contributed by atoms with Gasteiger partial charge in [0.15, 0.2) is 0 Å². The van der Waals surface area contributed by atoms with E-state index in [1.54, 1.807) is 30.5 Å². The van der Waals surface area contributed by atoms with Crippen LogP contribution < -0.4 is 5.06 Å². The van der Waals surface area contributed by atoms with Gasteiger partial charge in [-0.2, -0.15) is 0 Å². The number of phenolic OH excluding ortho intramolecular Hbond substituents is 1. The number of hydrogen-bond acceptors (Lipinski definition) is 3. The van der Waals surface area contributed by atoms with Crippen molar-refractivity contribution in [1.82, 2.24) is 0 Å². The fourth-order valence-corrected chi connectivity index (χ4v) is 1.34. The smallest absolute Gasteiger partial charge is 0.121 e. The van der Waals surface area contributed by atoms with Crippen LogP contribution in [-0.4, -0.2) is 10.3 Å². The molecule has 2 N–H and O–H groups in total. The predicted molar refractivity (Wildman–Crippen MR) is 45.2 cm³/mol. The lowest BCUT2D eigenvalue weighted by Crippen LogP contribution is -2.14. The van der Waals surface area contributed by atoms with Gasteiger partial charge in [-0.1, -0.05) is 12.1 Å². The van der Waals surface area contributed by atoms with Gasteiger partial charge in [-0.05, 0) is 18.6 Å².